The second-order valence-electron chi connectivity index (χ2n) is 5.82. The van der Waals surface area contributed by atoms with Crippen LogP contribution in [0.4, 0.5) is 5.82 Å². The summed E-state index contributed by atoms with van der Waals surface area (Å²) in [6.45, 7) is 3.28. The first-order valence-corrected chi connectivity index (χ1v) is 7.82. The molecule has 0 spiro atoms. The maximum absolute atomic E-state index is 11.3. The Balaban J connectivity index is 1.93. The molecule has 0 aliphatic carbocycles. The third-order valence-corrected chi connectivity index (χ3v) is 5.11. The number of rotatable bonds is 2. The van der Waals surface area contributed by atoms with E-state index in [1.165, 1.54) is 0 Å². The van der Waals surface area contributed by atoms with Crippen LogP contribution < -0.4 is 4.90 Å². The van der Waals surface area contributed by atoms with Crippen molar-refractivity contribution in [1.82, 2.24) is 4.98 Å². The number of hydrogen-bond donors (Lipinski definition) is 1. The van der Waals surface area contributed by atoms with E-state index in [9.17, 15) is 9.90 Å². The lowest BCUT2D eigenvalue weighted by molar-refractivity contribution is -0.149. The van der Waals surface area contributed by atoms with E-state index in [0.29, 0.717) is 12.8 Å². The molecule has 1 fully saturated rings. The molecule has 1 aromatic heterocycles. The van der Waals surface area contributed by atoms with Gasteiger partial charge < -0.3 is 10.0 Å². The zero-order valence-electron chi connectivity index (χ0n) is 11.8. The molecular formula is C16H17BrN2O2. The third kappa shape index (κ3) is 2.50. The highest BCUT2D eigenvalue weighted by Crippen LogP contribution is 2.35. The number of aromatic nitrogens is 1. The van der Waals surface area contributed by atoms with Gasteiger partial charge in [0.1, 0.15) is 5.82 Å². The molecule has 4 nitrogen and oxygen atoms in total. The lowest BCUT2D eigenvalue weighted by atomic mass is 9.80. The van der Waals surface area contributed by atoms with Crippen molar-refractivity contribution in [3.63, 3.8) is 0 Å². The summed E-state index contributed by atoms with van der Waals surface area (Å²) in [7, 11) is 0. The summed E-state index contributed by atoms with van der Waals surface area (Å²) in [5.41, 5.74) is -0.609. The first-order valence-electron chi connectivity index (χ1n) is 7.03. The number of pyridine rings is 1. The summed E-state index contributed by atoms with van der Waals surface area (Å²) in [4.78, 5) is 18.1. The van der Waals surface area contributed by atoms with Crippen LogP contribution in [0.5, 0.6) is 0 Å². The fraction of sp³-hybridized carbons (Fsp3) is 0.375. The highest BCUT2D eigenvalue weighted by Gasteiger charge is 2.37. The Labute approximate surface area is 131 Å². The zero-order valence-corrected chi connectivity index (χ0v) is 13.4. The number of hydrogen-bond acceptors (Lipinski definition) is 3. The van der Waals surface area contributed by atoms with Gasteiger partial charge in [-0.15, -0.1) is 0 Å². The molecule has 0 bridgehead atoms. The van der Waals surface area contributed by atoms with Crippen LogP contribution in [0.2, 0.25) is 0 Å². The molecule has 21 heavy (non-hydrogen) atoms. The molecule has 110 valence electrons. The van der Waals surface area contributed by atoms with Gasteiger partial charge in [0.25, 0.3) is 0 Å². The van der Waals surface area contributed by atoms with E-state index < -0.39 is 11.4 Å². The summed E-state index contributed by atoms with van der Waals surface area (Å²) in [6.07, 6.45) is 3.11. The Bertz CT molecular complexity index is 694. The summed E-state index contributed by atoms with van der Waals surface area (Å²) in [5.74, 6) is 0.247. The van der Waals surface area contributed by atoms with Gasteiger partial charge in [-0.25, -0.2) is 4.98 Å². The maximum atomic E-state index is 11.3. The number of fused-ring (bicyclic) bond motifs is 1. The van der Waals surface area contributed by atoms with Crippen molar-refractivity contribution in [1.29, 1.82) is 0 Å². The first kappa shape index (κ1) is 14.3. The molecule has 3 rings (SSSR count). The van der Waals surface area contributed by atoms with E-state index in [-0.39, 0.29) is 0 Å². The van der Waals surface area contributed by atoms with Crippen LogP contribution in [0.3, 0.4) is 0 Å². The molecule has 0 saturated carbocycles. The Kier molecular flexibility index (Phi) is 3.61. The van der Waals surface area contributed by atoms with Crippen molar-refractivity contribution in [2.45, 2.75) is 19.8 Å². The van der Waals surface area contributed by atoms with Crippen LogP contribution in [-0.2, 0) is 4.79 Å². The predicted molar refractivity (Wildman–Crippen MR) is 86.6 cm³/mol. The van der Waals surface area contributed by atoms with Crippen LogP contribution in [-0.4, -0.2) is 29.1 Å². The van der Waals surface area contributed by atoms with E-state index in [1.54, 1.807) is 0 Å². The standard InChI is InChI=1S/C16H17BrN2O2/c1-16(15(20)21)6-9-19(10-7-16)14-12-3-2-4-13(17)11(12)5-8-18-14/h2-5,8H,6-7,9-10H2,1H3,(H,20,21). The van der Waals surface area contributed by atoms with Gasteiger partial charge in [0.15, 0.2) is 0 Å². The van der Waals surface area contributed by atoms with Gasteiger partial charge in [0.2, 0.25) is 0 Å². The molecule has 0 amide bonds. The average Bonchev–Trinajstić information content (AvgIpc) is 2.48. The Morgan fingerprint density at radius 3 is 2.67 bits per heavy atom. The SMILES string of the molecule is CC1(C(=O)O)CCN(c2nccc3c(Br)cccc23)CC1. The average molecular weight is 349 g/mol. The van der Waals surface area contributed by atoms with E-state index >= 15 is 0 Å². The molecule has 0 unspecified atom stereocenters. The Hall–Kier alpha value is -1.62. The quantitative estimate of drug-likeness (QED) is 0.899. The molecule has 0 radical (unpaired) electrons. The monoisotopic (exact) mass is 348 g/mol. The topological polar surface area (TPSA) is 53.4 Å². The van der Waals surface area contributed by atoms with Gasteiger partial charge in [-0.1, -0.05) is 28.1 Å². The minimum Gasteiger partial charge on any atom is -0.481 e. The first-order chi connectivity index (χ1) is 10.0. The summed E-state index contributed by atoms with van der Waals surface area (Å²) >= 11 is 3.57. The molecular weight excluding hydrogens is 332 g/mol. The van der Waals surface area contributed by atoms with Crippen molar-refractivity contribution in [2.75, 3.05) is 18.0 Å². The van der Waals surface area contributed by atoms with Gasteiger partial charge in [0, 0.05) is 34.5 Å². The minimum atomic E-state index is -0.698. The predicted octanol–water partition coefficient (Wildman–Crippen LogP) is 3.69. The molecule has 1 N–H and O–H groups in total. The molecule has 5 heteroatoms. The summed E-state index contributed by atoms with van der Waals surface area (Å²) in [6, 6.07) is 8.08. The van der Waals surface area contributed by atoms with Gasteiger partial charge in [-0.3, -0.25) is 4.79 Å². The molecule has 1 aliphatic heterocycles. The van der Waals surface area contributed by atoms with Crippen LogP contribution in [0.15, 0.2) is 34.9 Å². The number of halogens is 1. The van der Waals surface area contributed by atoms with Crippen molar-refractivity contribution < 1.29 is 9.90 Å². The number of nitrogens with zero attached hydrogens (tertiary/aromatic N) is 2. The third-order valence-electron chi connectivity index (χ3n) is 4.41. The number of carboxylic acid groups (broad SMARTS) is 1. The van der Waals surface area contributed by atoms with Gasteiger partial charge in [0.05, 0.1) is 5.41 Å². The lowest BCUT2D eigenvalue weighted by Crippen LogP contribution is -2.43. The molecule has 2 heterocycles. The van der Waals surface area contributed by atoms with Crippen molar-refractivity contribution in [3.05, 3.63) is 34.9 Å². The number of carboxylic acids is 1. The second kappa shape index (κ2) is 5.30. The maximum Gasteiger partial charge on any atom is 0.309 e. The van der Waals surface area contributed by atoms with E-state index in [2.05, 4.69) is 31.9 Å². The fourth-order valence-corrected chi connectivity index (χ4v) is 3.33. The minimum absolute atomic E-state index is 0.609. The summed E-state index contributed by atoms with van der Waals surface area (Å²) < 4.78 is 1.05. The van der Waals surface area contributed by atoms with Crippen molar-refractivity contribution >= 4 is 38.5 Å². The molecule has 2 aromatic rings. The van der Waals surface area contributed by atoms with Crippen LogP contribution >= 0.6 is 15.9 Å². The van der Waals surface area contributed by atoms with Crippen molar-refractivity contribution in [3.8, 4) is 0 Å². The highest BCUT2D eigenvalue weighted by atomic mass is 79.9. The van der Waals surface area contributed by atoms with E-state index in [4.69, 9.17) is 0 Å². The van der Waals surface area contributed by atoms with Gasteiger partial charge >= 0.3 is 5.97 Å². The van der Waals surface area contributed by atoms with Crippen LogP contribution in [0, 0.1) is 5.41 Å². The highest BCUT2D eigenvalue weighted by molar-refractivity contribution is 9.10. The molecule has 1 aliphatic rings. The molecule has 0 atom stereocenters. The van der Waals surface area contributed by atoms with Gasteiger partial charge in [-0.2, -0.15) is 0 Å². The van der Waals surface area contributed by atoms with E-state index in [0.717, 1.165) is 34.2 Å². The normalized spacial score (nSPS) is 17.9. The van der Waals surface area contributed by atoms with Gasteiger partial charge in [-0.05, 0) is 31.9 Å². The fourth-order valence-electron chi connectivity index (χ4n) is 2.83. The van der Waals surface area contributed by atoms with Crippen molar-refractivity contribution in [2.24, 2.45) is 5.41 Å². The van der Waals surface area contributed by atoms with Crippen LogP contribution in [0.25, 0.3) is 10.8 Å². The smallest absolute Gasteiger partial charge is 0.309 e. The number of anilines is 1. The number of benzene rings is 1. The number of aliphatic carboxylic acids is 1. The summed E-state index contributed by atoms with van der Waals surface area (Å²) in [5, 5.41) is 11.6. The zero-order chi connectivity index (χ0) is 15.0. The Morgan fingerprint density at radius 2 is 2.00 bits per heavy atom. The van der Waals surface area contributed by atoms with Crippen LogP contribution in [0.1, 0.15) is 19.8 Å². The molecule has 1 aromatic carbocycles. The Morgan fingerprint density at radius 1 is 1.29 bits per heavy atom. The van der Waals surface area contributed by atoms with E-state index in [1.807, 2.05) is 31.3 Å². The number of carbonyl (C=O) groups is 1. The lowest BCUT2D eigenvalue weighted by Gasteiger charge is -2.37. The number of piperidine rings is 1. The largest absolute Gasteiger partial charge is 0.481 e. The molecule has 1 saturated heterocycles. The second-order valence-corrected chi connectivity index (χ2v) is 6.68.